The van der Waals surface area contributed by atoms with E-state index in [0.717, 1.165) is 72.2 Å². The van der Waals surface area contributed by atoms with Crippen molar-refractivity contribution in [3.8, 4) is 39.9 Å². The summed E-state index contributed by atoms with van der Waals surface area (Å²) in [5, 5.41) is 2.00. The van der Waals surface area contributed by atoms with Crippen LogP contribution in [0.1, 0.15) is 0 Å². The van der Waals surface area contributed by atoms with Gasteiger partial charge < -0.3 is 4.42 Å². The molecule has 0 aliphatic carbocycles. The third kappa shape index (κ3) is 4.00. The van der Waals surface area contributed by atoms with Gasteiger partial charge in [-0.1, -0.05) is 84.9 Å². The first-order valence-corrected chi connectivity index (χ1v) is 15.5. The van der Waals surface area contributed by atoms with Gasteiger partial charge in [0.05, 0.1) is 27.8 Å². The van der Waals surface area contributed by atoms with Gasteiger partial charge in [0.1, 0.15) is 11.2 Å². The van der Waals surface area contributed by atoms with Gasteiger partial charge in [-0.15, -0.1) is 0 Å². The number of benzene rings is 6. The van der Waals surface area contributed by atoms with Crippen molar-refractivity contribution in [1.29, 1.82) is 0 Å². The van der Waals surface area contributed by atoms with Gasteiger partial charge in [-0.25, -0.2) is 19.9 Å². The fourth-order valence-electron chi connectivity index (χ4n) is 6.59. The molecule has 0 radical (unpaired) electrons. The van der Waals surface area contributed by atoms with Crippen molar-refractivity contribution in [2.24, 2.45) is 0 Å². The Hall–Kier alpha value is -6.60. The summed E-state index contributed by atoms with van der Waals surface area (Å²) in [6, 6.07) is 49.2. The molecule has 0 amide bonds. The first-order valence-electron chi connectivity index (χ1n) is 15.5. The van der Waals surface area contributed by atoms with Gasteiger partial charge in [0.2, 0.25) is 5.78 Å². The van der Waals surface area contributed by atoms with E-state index in [0.29, 0.717) is 17.5 Å². The van der Waals surface area contributed by atoms with Crippen LogP contribution in [0.15, 0.2) is 150 Å². The Morgan fingerprint density at radius 2 is 0.979 bits per heavy atom. The van der Waals surface area contributed by atoms with E-state index in [1.807, 2.05) is 84.9 Å². The third-order valence-corrected chi connectivity index (χ3v) is 8.78. The molecule has 0 unspecified atom stereocenters. The van der Waals surface area contributed by atoms with Crippen LogP contribution in [0, 0.1) is 0 Å². The summed E-state index contributed by atoms with van der Waals surface area (Å²) in [5.41, 5.74) is 9.61. The van der Waals surface area contributed by atoms with Gasteiger partial charge in [0.25, 0.3) is 0 Å². The molecule has 4 heterocycles. The summed E-state index contributed by atoms with van der Waals surface area (Å²) < 4.78 is 10.8. The SMILES string of the molecule is c1ccc(-c2nc(-c3ccccc3)nc(-c3ccc4oc5ccc(-n6c7ccccc7n7c8ccccc8nc67)cc5c4c3)n2)cc1. The molecule has 4 aromatic heterocycles. The van der Waals surface area contributed by atoms with Crippen molar-refractivity contribution < 1.29 is 4.42 Å². The number of para-hydroxylation sites is 4. The van der Waals surface area contributed by atoms with Crippen molar-refractivity contribution in [2.75, 3.05) is 0 Å². The highest BCUT2D eigenvalue weighted by molar-refractivity contribution is 6.07. The molecule has 0 aliphatic heterocycles. The lowest BCUT2D eigenvalue weighted by molar-refractivity contribution is 0.669. The summed E-state index contributed by atoms with van der Waals surface area (Å²) in [6.45, 7) is 0. The van der Waals surface area contributed by atoms with E-state index >= 15 is 0 Å². The molecule has 220 valence electrons. The predicted octanol–water partition coefficient (Wildman–Crippen LogP) is 9.52. The number of fused-ring (bicyclic) bond motifs is 8. The van der Waals surface area contributed by atoms with Crippen LogP contribution in [0.2, 0.25) is 0 Å². The zero-order chi connectivity index (χ0) is 30.9. The molecule has 0 saturated carbocycles. The Morgan fingerprint density at radius 3 is 1.68 bits per heavy atom. The van der Waals surface area contributed by atoms with E-state index in [1.165, 1.54) is 0 Å². The Balaban J connectivity index is 1.18. The van der Waals surface area contributed by atoms with Gasteiger partial charge in [-0.3, -0.25) is 8.97 Å². The van der Waals surface area contributed by atoms with Crippen LogP contribution in [-0.4, -0.2) is 28.9 Å². The van der Waals surface area contributed by atoms with Crippen LogP contribution in [0.5, 0.6) is 0 Å². The first kappa shape index (κ1) is 25.7. The fourth-order valence-corrected chi connectivity index (χ4v) is 6.59. The van der Waals surface area contributed by atoms with Crippen molar-refractivity contribution in [2.45, 2.75) is 0 Å². The zero-order valence-corrected chi connectivity index (χ0v) is 24.9. The van der Waals surface area contributed by atoms with E-state index in [1.54, 1.807) is 0 Å². The Kier molecular flexibility index (Phi) is 5.44. The number of hydrogen-bond acceptors (Lipinski definition) is 5. The van der Waals surface area contributed by atoms with Crippen LogP contribution < -0.4 is 0 Å². The molecule has 0 saturated heterocycles. The van der Waals surface area contributed by atoms with E-state index in [4.69, 9.17) is 24.4 Å². The second-order valence-electron chi connectivity index (χ2n) is 11.6. The molecule has 0 N–H and O–H groups in total. The molecule has 0 bridgehead atoms. The normalized spacial score (nSPS) is 11.8. The van der Waals surface area contributed by atoms with E-state index in [-0.39, 0.29) is 0 Å². The minimum Gasteiger partial charge on any atom is -0.456 e. The number of rotatable bonds is 4. The number of furan rings is 1. The lowest BCUT2D eigenvalue weighted by atomic mass is 10.1. The summed E-state index contributed by atoms with van der Waals surface area (Å²) >= 11 is 0. The molecule has 0 atom stereocenters. The van der Waals surface area contributed by atoms with Crippen LogP contribution in [0.3, 0.4) is 0 Å². The molecule has 0 fully saturated rings. The quantitative estimate of drug-likeness (QED) is 0.200. The molecule has 0 aliphatic rings. The van der Waals surface area contributed by atoms with Crippen molar-refractivity contribution in [3.05, 3.63) is 146 Å². The van der Waals surface area contributed by atoms with Gasteiger partial charge in [0, 0.05) is 27.5 Å². The summed E-state index contributed by atoms with van der Waals surface area (Å²) in [6.07, 6.45) is 0. The lowest BCUT2D eigenvalue weighted by Crippen LogP contribution is -2.00. The lowest BCUT2D eigenvalue weighted by Gasteiger charge is -2.08. The summed E-state index contributed by atoms with van der Waals surface area (Å²) in [4.78, 5) is 19.8. The molecule has 10 aromatic rings. The van der Waals surface area contributed by atoms with Gasteiger partial charge in [0.15, 0.2) is 17.5 Å². The molecule has 0 spiro atoms. The predicted molar refractivity (Wildman–Crippen MR) is 187 cm³/mol. The second-order valence-corrected chi connectivity index (χ2v) is 11.6. The maximum Gasteiger partial charge on any atom is 0.220 e. The molecule has 7 heteroatoms. The minimum atomic E-state index is 0.604. The second kappa shape index (κ2) is 9.95. The van der Waals surface area contributed by atoms with Gasteiger partial charge in [-0.2, -0.15) is 0 Å². The topological polar surface area (TPSA) is 74.0 Å². The van der Waals surface area contributed by atoms with Crippen molar-refractivity contribution in [1.82, 2.24) is 28.9 Å². The van der Waals surface area contributed by atoms with Crippen molar-refractivity contribution in [3.63, 3.8) is 0 Å². The summed E-state index contributed by atoms with van der Waals surface area (Å²) in [5.74, 6) is 2.73. The minimum absolute atomic E-state index is 0.604. The number of hydrogen-bond donors (Lipinski definition) is 0. The molecule has 47 heavy (non-hydrogen) atoms. The molecule has 10 rings (SSSR count). The van der Waals surface area contributed by atoms with Crippen LogP contribution >= 0.6 is 0 Å². The fraction of sp³-hybridized carbons (Fsp3) is 0. The maximum absolute atomic E-state index is 6.34. The number of imidazole rings is 2. The number of aromatic nitrogens is 6. The van der Waals surface area contributed by atoms with E-state index in [9.17, 15) is 0 Å². The Labute approximate surface area is 268 Å². The third-order valence-electron chi connectivity index (χ3n) is 8.78. The van der Waals surface area contributed by atoms with E-state index in [2.05, 4.69) is 69.6 Å². The van der Waals surface area contributed by atoms with Gasteiger partial charge in [-0.05, 0) is 60.7 Å². The Morgan fingerprint density at radius 1 is 0.426 bits per heavy atom. The maximum atomic E-state index is 6.34. The van der Waals surface area contributed by atoms with Crippen LogP contribution in [0.4, 0.5) is 0 Å². The zero-order valence-electron chi connectivity index (χ0n) is 24.9. The van der Waals surface area contributed by atoms with Gasteiger partial charge >= 0.3 is 0 Å². The standard InChI is InChI=1S/C40H24N6O/c1-3-11-25(12-4-1)37-42-38(26-13-5-2-6-14-26)44-39(43-37)27-19-21-35-29(23-27)30-24-28(20-22-36(30)47-35)45-33-17-9-10-18-34(33)46-32-16-8-7-15-31(32)41-40(45)46/h1-24H. The highest BCUT2D eigenvalue weighted by atomic mass is 16.3. The largest absolute Gasteiger partial charge is 0.456 e. The van der Waals surface area contributed by atoms with Crippen molar-refractivity contribution >= 4 is 49.8 Å². The first-order chi connectivity index (χ1) is 23.3. The average Bonchev–Trinajstić information content (AvgIpc) is 3.80. The monoisotopic (exact) mass is 604 g/mol. The Bertz CT molecular complexity index is 2740. The highest BCUT2D eigenvalue weighted by Gasteiger charge is 2.19. The average molecular weight is 605 g/mol. The van der Waals surface area contributed by atoms with E-state index < -0.39 is 0 Å². The molecule has 6 aromatic carbocycles. The van der Waals surface area contributed by atoms with Crippen LogP contribution in [0.25, 0.3) is 89.6 Å². The molecule has 7 nitrogen and oxygen atoms in total. The molecular formula is C40H24N6O. The number of nitrogens with zero attached hydrogens (tertiary/aromatic N) is 6. The van der Waals surface area contributed by atoms with Crippen LogP contribution in [-0.2, 0) is 0 Å². The molecular weight excluding hydrogens is 580 g/mol. The smallest absolute Gasteiger partial charge is 0.220 e. The highest BCUT2D eigenvalue weighted by Crippen LogP contribution is 2.36. The summed E-state index contributed by atoms with van der Waals surface area (Å²) in [7, 11) is 0.